The standard InChI is InChI=1S/C9H19N/c1-7-6-9(3,4-5-10)8(7)2/h7-8H,4-6,10H2,1-3H3/t7-,8?,9?/m0/s1. The van der Waals surface area contributed by atoms with Gasteiger partial charge in [-0.2, -0.15) is 0 Å². The maximum Gasteiger partial charge on any atom is -0.00720 e. The van der Waals surface area contributed by atoms with Crippen molar-refractivity contribution in [3.63, 3.8) is 0 Å². The normalized spacial score (nSPS) is 46.8. The topological polar surface area (TPSA) is 26.0 Å². The summed E-state index contributed by atoms with van der Waals surface area (Å²) in [5.41, 5.74) is 6.11. The van der Waals surface area contributed by atoms with Gasteiger partial charge in [0, 0.05) is 0 Å². The average Bonchev–Trinajstić information content (AvgIpc) is 1.88. The van der Waals surface area contributed by atoms with E-state index in [2.05, 4.69) is 20.8 Å². The summed E-state index contributed by atoms with van der Waals surface area (Å²) in [4.78, 5) is 0. The smallest absolute Gasteiger partial charge is 0.00720 e. The highest BCUT2D eigenvalue weighted by molar-refractivity contribution is 4.94. The van der Waals surface area contributed by atoms with E-state index in [1.165, 1.54) is 12.8 Å². The molecule has 0 aromatic rings. The fourth-order valence-corrected chi connectivity index (χ4v) is 2.28. The maximum atomic E-state index is 5.53. The van der Waals surface area contributed by atoms with E-state index in [1.54, 1.807) is 0 Å². The van der Waals surface area contributed by atoms with Crippen LogP contribution in [-0.2, 0) is 0 Å². The van der Waals surface area contributed by atoms with Gasteiger partial charge in [-0.1, -0.05) is 20.8 Å². The summed E-state index contributed by atoms with van der Waals surface area (Å²) < 4.78 is 0. The predicted octanol–water partition coefficient (Wildman–Crippen LogP) is 2.02. The first kappa shape index (κ1) is 8.06. The molecule has 1 aliphatic carbocycles. The van der Waals surface area contributed by atoms with E-state index in [9.17, 15) is 0 Å². The zero-order valence-corrected chi connectivity index (χ0v) is 7.35. The van der Waals surface area contributed by atoms with Crippen LogP contribution in [0.1, 0.15) is 33.6 Å². The second-order valence-corrected chi connectivity index (χ2v) is 4.16. The predicted molar refractivity (Wildman–Crippen MR) is 44.7 cm³/mol. The molecule has 0 spiro atoms. The van der Waals surface area contributed by atoms with Gasteiger partial charge in [0.1, 0.15) is 0 Å². The Morgan fingerprint density at radius 2 is 2.10 bits per heavy atom. The molecule has 0 heterocycles. The molecule has 0 bridgehead atoms. The molecule has 10 heavy (non-hydrogen) atoms. The molecule has 0 aromatic carbocycles. The lowest BCUT2D eigenvalue weighted by atomic mass is 9.55. The van der Waals surface area contributed by atoms with E-state index in [0.29, 0.717) is 5.41 Å². The molecule has 1 heteroatoms. The zero-order valence-electron chi connectivity index (χ0n) is 7.35. The van der Waals surface area contributed by atoms with Gasteiger partial charge >= 0.3 is 0 Å². The third-order valence-electron chi connectivity index (χ3n) is 3.46. The van der Waals surface area contributed by atoms with Crippen molar-refractivity contribution in [1.82, 2.24) is 0 Å². The van der Waals surface area contributed by atoms with Gasteiger partial charge < -0.3 is 5.73 Å². The van der Waals surface area contributed by atoms with E-state index >= 15 is 0 Å². The summed E-state index contributed by atoms with van der Waals surface area (Å²) >= 11 is 0. The van der Waals surface area contributed by atoms with Crippen LogP contribution in [0, 0.1) is 17.3 Å². The minimum atomic E-state index is 0.578. The fourth-order valence-electron chi connectivity index (χ4n) is 2.28. The second-order valence-electron chi connectivity index (χ2n) is 4.16. The summed E-state index contributed by atoms with van der Waals surface area (Å²) in [6.45, 7) is 7.91. The molecule has 1 saturated carbocycles. The minimum absolute atomic E-state index is 0.578. The first-order valence-electron chi connectivity index (χ1n) is 4.30. The average molecular weight is 141 g/mol. The van der Waals surface area contributed by atoms with Crippen molar-refractivity contribution in [3.05, 3.63) is 0 Å². The zero-order chi connectivity index (χ0) is 7.78. The molecule has 1 rings (SSSR count). The Morgan fingerprint density at radius 3 is 2.40 bits per heavy atom. The highest BCUT2D eigenvalue weighted by Gasteiger charge is 2.44. The van der Waals surface area contributed by atoms with Crippen LogP contribution in [0.3, 0.4) is 0 Å². The molecule has 0 radical (unpaired) electrons. The van der Waals surface area contributed by atoms with Gasteiger partial charge in [0.2, 0.25) is 0 Å². The lowest BCUT2D eigenvalue weighted by Crippen LogP contribution is -2.43. The van der Waals surface area contributed by atoms with Crippen LogP contribution < -0.4 is 5.73 Å². The fraction of sp³-hybridized carbons (Fsp3) is 1.00. The second kappa shape index (κ2) is 2.54. The number of hydrogen-bond acceptors (Lipinski definition) is 1. The molecule has 3 atom stereocenters. The van der Waals surface area contributed by atoms with Crippen LogP contribution in [0.4, 0.5) is 0 Å². The Hall–Kier alpha value is -0.0400. The third kappa shape index (κ3) is 1.07. The maximum absolute atomic E-state index is 5.53. The summed E-state index contributed by atoms with van der Waals surface area (Å²) in [6.07, 6.45) is 2.59. The van der Waals surface area contributed by atoms with Gasteiger partial charge in [0.05, 0.1) is 0 Å². The van der Waals surface area contributed by atoms with Crippen molar-refractivity contribution in [1.29, 1.82) is 0 Å². The quantitative estimate of drug-likeness (QED) is 0.625. The van der Waals surface area contributed by atoms with Crippen molar-refractivity contribution >= 4 is 0 Å². The first-order valence-corrected chi connectivity index (χ1v) is 4.30. The Kier molecular flexibility index (Phi) is 2.04. The molecule has 0 aliphatic heterocycles. The summed E-state index contributed by atoms with van der Waals surface area (Å²) in [7, 11) is 0. The van der Waals surface area contributed by atoms with Crippen LogP contribution in [0.25, 0.3) is 0 Å². The van der Waals surface area contributed by atoms with Crippen molar-refractivity contribution < 1.29 is 0 Å². The van der Waals surface area contributed by atoms with E-state index in [0.717, 1.165) is 18.4 Å². The molecule has 1 aliphatic rings. The number of nitrogens with two attached hydrogens (primary N) is 1. The van der Waals surface area contributed by atoms with Gasteiger partial charge in [0.25, 0.3) is 0 Å². The van der Waals surface area contributed by atoms with Crippen LogP contribution in [0.2, 0.25) is 0 Å². The SMILES string of the molecule is CC1[C@@H](C)CC1(C)CCN. The molecule has 1 nitrogen and oxygen atoms in total. The highest BCUT2D eigenvalue weighted by Crippen LogP contribution is 2.52. The molecule has 2 N–H and O–H groups in total. The number of rotatable bonds is 2. The monoisotopic (exact) mass is 141 g/mol. The van der Waals surface area contributed by atoms with E-state index in [4.69, 9.17) is 5.73 Å². The van der Waals surface area contributed by atoms with Gasteiger partial charge in [-0.25, -0.2) is 0 Å². The van der Waals surface area contributed by atoms with Gasteiger partial charge in [-0.15, -0.1) is 0 Å². The molecule has 0 saturated heterocycles. The highest BCUT2D eigenvalue weighted by atomic mass is 14.6. The molecular formula is C9H19N. The Labute approximate surface area is 64.0 Å². The lowest BCUT2D eigenvalue weighted by molar-refractivity contribution is -0.00881. The van der Waals surface area contributed by atoms with Crippen LogP contribution in [0.5, 0.6) is 0 Å². The molecule has 0 amide bonds. The largest absolute Gasteiger partial charge is 0.330 e. The molecular weight excluding hydrogens is 122 g/mol. The molecule has 60 valence electrons. The van der Waals surface area contributed by atoms with Gasteiger partial charge in [-0.3, -0.25) is 0 Å². The van der Waals surface area contributed by atoms with Crippen LogP contribution >= 0.6 is 0 Å². The first-order chi connectivity index (χ1) is 4.60. The van der Waals surface area contributed by atoms with Crippen LogP contribution in [0.15, 0.2) is 0 Å². The minimum Gasteiger partial charge on any atom is -0.330 e. The summed E-state index contributed by atoms with van der Waals surface area (Å²) in [5.74, 6) is 1.81. The molecule has 2 unspecified atom stereocenters. The van der Waals surface area contributed by atoms with Crippen molar-refractivity contribution in [2.24, 2.45) is 23.0 Å². The summed E-state index contributed by atoms with van der Waals surface area (Å²) in [6, 6.07) is 0. The molecule has 0 aromatic heterocycles. The van der Waals surface area contributed by atoms with E-state index < -0.39 is 0 Å². The lowest BCUT2D eigenvalue weighted by Gasteiger charge is -2.51. The van der Waals surface area contributed by atoms with E-state index in [-0.39, 0.29) is 0 Å². The Bertz CT molecular complexity index is 118. The number of hydrogen-bond donors (Lipinski definition) is 1. The van der Waals surface area contributed by atoms with Crippen molar-refractivity contribution in [2.75, 3.05) is 6.54 Å². The van der Waals surface area contributed by atoms with Crippen LogP contribution in [-0.4, -0.2) is 6.54 Å². The summed E-state index contributed by atoms with van der Waals surface area (Å²) in [5, 5.41) is 0. The van der Waals surface area contributed by atoms with Crippen molar-refractivity contribution in [2.45, 2.75) is 33.6 Å². The van der Waals surface area contributed by atoms with Gasteiger partial charge in [0.15, 0.2) is 0 Å². The third-order valence-corrected chi connectivity index (χ3v) is 3.46. The van der Waals surface area contributed by atoms with E-state index in [1.807, 2.05) is 0 Å². The Balaban J connectivity index is 2.41. The van der Waals surface area contributed by atoms with Gasteiger partial charge in [-0.05, 0) is 36.6 Å². The Morgan fingerprint density at radius 1 is 1.50 bits per heavy atom. The van der Waals surface area contributed by atoms with Crippen molar-refractivity contribution in [3.8, 4) is 0 Å². The molecule has 1 fully saturated rings.